The van der Waals surface area contributed by atoms with Crippen molar-refractivity contribution in [3.05, 3.63) is 140 Å². The molecule has 40 heavy (non-hydrogen) atoms. The fourth-order valence-electron chi connectivity index (χ4n) is 6.55. The van der Waals surface area contributed by atoms with Crippen molar-refractivity contribution in [1.29, 1.82) is 0 Å². The molecule has 0 spiro atoms. The summed E-state index contributed by atoms with van der Waals surface area (Å²) in [6, 6.07) is 48.0. The molecule has 186 valence electrons. The van der Waals surface area contributed by atoms with Gasteiger partial charge in [-0.05, 0) is 53.9 Å². The topological polar surface area (TPSA) is 22.8 Å². The Morgan fingerprint density at radius 3 is 1.95 bits per heavy atom. The number of aromatic nitrogens is 3. The summed E-state index contributed by atoms with van der Waals surface area (Å²) in [4.78, 5) is 4.80. The van der Waals surface area contributed by atoms with Crippen molar-refractivity contribution in [3.63, 3.8) is 0 Å². The van der Waals surface area contributed by atoms with Gasteiger partial charge < -0.3 is 9.13 Å². The number of rotatable bonds is 2. The molecule has 0 fully saturated rings. The van der Waals surface area contributed by atoms with E-state index in [1.165, 1.54) is 60.1 Å². The van der Waals surface area contributed by atoms with Gasteiger partial charge in [-0.15, -0.1) is 0 Å². The fourth-order valence-corrected chi connectivity index (χ4v) is 6.55. The van der Waals surface area contributed by atoms with Crippen LogP contribution in [0.1, 0.15) is 0 Å². The van der Waals surface area contributed by atoms with Crippen LogP contribution < -0.4 is 0 Å². The van der Waals surface area contributed by atoms with Crippen LogP contribution in [0.15, 0.2) is 140 Å². The predicted octanol–water partition coefficient (Wildman–Crippen LogP) is 9.58. The standard InChI is InChI=1S/C37H23N3/c1-2-11-26(12-3-1)40-35-17-9-5-13-28(35)30-19-18-24-21-36-32(22-31(24)37(30)40)29-14-6-8-16-34(29)39(36)27-20-25-10-4-7-15-33(25)38-23-27/h1-23H. The van der Waals surface area contributed by atoms with Crippen LogP contribution >= 0.6 is 0 Å². The van der Waals surface area contributed by atoms with Gasteiger partial charge in [0, 0.05) is 38.0 Å². The Kier molecular flexibility index (Phi) is 4.33. The highest BCUT2D eigenvalue weighted by Gasteiger charge is 2.18. The van der Waals surface area contributed by atoms with E-state index in [9.17, 15) is 0 Å². The molecular formula is C37H23N3. The Morgan fingerprint density at radius 1 is 0.400 bits per heavy atom. The van der Waals surface area contributed by atoms with Gasteiger partial charge in [-0.2, -0.15) is 0 Å². The minimum Gasteiger partial charge on any atom is -0.309 e. The molecule has 3 heterocycles. The monoisotopic (exact) mass is 509 g/mol. The fraction of sp³-hybridized carbons (Fsp3) is 0. The summed E-state index contributed by atoms with van der Waals surface area (Å²) in [7, 11) is 0. The van der Waals surface area contributed by atoms with E-state index in [4.69, 9.17) is 4.98 Å². The molecule has 0 aliphatic rings. The first kappa shape index (κ1) is 21.5. The van der Waals surface area contributed by atoms with E-state index in [2.05, 4.69) is 137 Å². The Labute approximate surface area is 230 Å². The zero-order valence-electron chi connectivity index (χ0n) is 21.6. The number of hydrogen-bond acceptors (Lipinski definition) is 1. The minimum atomic E-state index is 1.01. The third kappa shape index (κ3) is 2.92. The average molecular weight is 510 g/mol. The van der Waals surface area contributed by atoms with E-state index in [0.717, 1.165) is 16.6 Å². The first-order valence-corrected chi connectivity index (χ1v) is 13.6. The normalized spacial score (nSPS) is 12.0. The molecular weight excluding hydrogens is 486 g/mol. The molecule has 3 nitrogen and oxygen atoms in total. The van der Waals surface area contributed by atoms with Gasteiger partial charge >= 0.3 is 0 Å². The molecule has 0 N–H and O–H groups in total. The van der Waals surface area contributed by atoms with Crippen LogP contribution in [-0.4, -0.2) is 14.1 Å². The molecule has 0 atom stereocenters. The lowest BCUT2D eigenvalue weighted by Gasteiger charge is -2.11. The maximum atomic E-state index is 4.80. The van der Waals surface area contributed by atoms with Gasteiger partial charge in [-0.1, -0.05) is 84.9 Å². The van der Waals surface area contributed by atoms with Crippen molar-refractivity contribution in [2.75, 3.05) is 0 Å². The zero-order valence-corrected chi connectivity index (χ0v) is 21.6. The highest BCUT2D eigenvalue weighted by Crippen LogP contribution is 2.40. The van der Waals surface area contributed by atoms with Crippen molar-refractivity contribution in [1.82, 2.24) is 14.1 Å². The van der Waals surface area contributed by atoms with E-state index < -0.39 is 0 Å². The first-order valence-electron chi connectivity index (χ1n) is 13.6. The Morgan fingerprint density at radius 2 is 1.10 bits per heavy atom. The summed E-state index contributed by atoms with van der Waals surface area (Å²) in [5, 5.41) is 8.64. The summed E-state index contributed by atoms with van der Waals surface area (Å²) < 4.78 is 4.78. The maximum absolute atomic E-state index is 4.80. The predicted molar refractivity (Wildman–Crippen MR) is 168 cm³/mol. The van der Waals surface area contributed by atoms with Gasteiger partial charge in [0.15, 0.2) is 0 Å². The molecule has 3 heteroatoms. The van der Waals surface area contributed by atoms with E-state index >= 15 is 0 Å². The molecule has 0 aliphatic heterocycles. The van der Waals surface area contributed by atoms with Gasteiger partial charge in [-0.25, -0.2) is 0 Å². The van der Waals surface area contributed by atoms with Gasteiger partial charge in [-0.3, -0.25) is 4.98 Å². The van der Waals surface area contributed by atoms with Crippen LogP contribution in [0, 0.1) is 0 Å². The van der Waals surface area contributed by atoms with Crippen LogP contribution in [-0.2, 0) is 0 Å². The van der Waals surface area contributed by atoms with E-state index in [1.807, 2.05) is 12.3 Å². The highest BCUT2D eigenvalue weighted by atomic mass is 15.0. The zero-order chi connectivity index (χ0) is 26.2. The summed E-state index contributed by atoms with van der Waals surface area (Å²) >= 11 is 0. The Bertz CT molecular complexity index is 2430. The third-order valence-corrected chi connectivity index (χ3v) is 8.29. The van der Waals surface area contributed by atoms with Crippen molar-refractivity contribution >= 4 is 65.3 Å². The van der Waals surface area contributed by atoms with Crippen molar-refractivity contribution < 1.29 is 0 Å². The molecule has 0 unspecified atom stereocenters. The molecule has 9 rings (SSSR count). The smallest absolute Gasteiger partial charge is 0.0703 e. The molecule has 0 amide bonds. The van der Waals surface area contributed by atoms with Crippen molar-refractivity contribution in [3.8, 4) is 11.4 Å². The Balaban J connectivity index is 1.44. The molecule has 3 aromatic heterocycles. The maximum Gasteiger partial charge on any atom is 0.0703 e. The lowest BCUT2D eigenvalue weighted by Crippen LogP contribution is -1.96. The second-order valence-corrected chi connectivity index (χ2v) is 10.5. The number of pyridine rings is 1. The second-order valence-electron chi connectivity index (χ2n) is 10.5. The van der Waals surface area contributed by atoms with Gasteiger partial charge in [0.1, 0.15) is 0 Å². The number of hydrogen-bond donors (Lipinski definition) is 0. The van der Waals surface area contributed by atoms with Crippen LogP contribution in [0.2, 0.25) is 0 Å². The van der Waals surface area contributed by atoms with Gasteiger partial charge in [0.25, 0.3) is 0 Å². The van der Waals surface area contributed by atoms with Crippen molar-refractivity contribution in [2.24, 2.45) is 0 Å². The van der Waals surface area contributed by atoms with Crippen LogP contribution in [0.4, 0.5) is 0 Å². The molecule has 6 aromatic carbocycles. The number of benzene rings is 6. The van der Waals surface area contributed by atoms with Gasteiger partial charge in [0.2, 0.25) is 0 Å². The molecule has 0 saturated heterocycles. The summed E-state index contributed by atoms with van der Waals surface area (Å²) in [6.07, 6.45) is 1.99. The summed E-state index contributed by atoms with van der Waals surface area (Å²) in [5.74, 6) is 0. The van der Waals surface area contributed by atoms with Crippen LogP contribution in [0.3, 0.4) is 0 Å². The van der Waals surface area contributed by atoms with E-state index in [1.54, 1.807) is 0 Å². The third-order valence-electron chi connectivity index (χ3n) is 8.29. The lowest BCUT2D eigenvalue weighted by atomic mass is 10.0. The summed E-state index contributed by atoms with van der Waals surface area (Å²) in [6.45, 7) is 0. The van der Waals surface area contributed by atoms with Gasteiger partial charge in [0.05, 0.1) is 39.5 Å². The number of para-hydroxylation sites is 4. The average Bonchev–Trinajstić information content (AvgIpc) is 3.53. The van der Waals surface area contributed by atoms with Crippen LogP contribution in [0.25, 0.3) is 76.7 Å². The van der Waals surface area contributed by atoms with E-state index in [-0.39, 0.29) is 0 Å². The van der Waals surface area contributed by atoms with E-state index in [0.29, 0.717) is 0 Å². The highest BCUT2D eigenvalue weighted by molar-refractivity contribution is 6.22. The molecule has 0 saturated carbocycles. The second kappa shape index (κ2) is 8.05. The summed E-state index contributed by atoms with van der Waals surface area (Å²) in [5.41, 5.74) is 8.09. The number of nitrogens with zero attached hydrogens (tertiary/aromatic N) is 3. The molecule has 0 radical (unpaired) electrons. The minimum absolute atomic E-state index is 1.01. The largest absolute Gasteiger partial charge is 0.309 e. The SMILES string of the molecule is c1ccc(-n2c3ccccc3c3ccc4cc5c(cc4c32)c2ccccc2n5-c2cnc3ccccc3c2)cc1. The number of fused-ring (bicyclic) bond motifs is 9. The first-order chi connectivity index (χ1) is 19.8. The van der Waals surface area contributed by atoms with Crippen LogP contribution in [0.5, 0.6) is 0 Å². The molecule has 9 aromatic rings. The Hall–Kier alpha value is -5.41. The quantitative estimate of drug-likeness (QED) is 0.227. The molecule has 0 aliphatic carbocycles. The lowest BCUT2D eigenvalue weighted by molar-refractivity contribution is 1.16. The van der Waals surface area contributed by atoms with Crippen molar-refractivity contribution in [2.45, 2.75) is 0 Å². The molecule has 0 bridgehead atoms.